The number of nitrogens with one attached hydrogen (secondary N) is 1. The van der Waals surface area contributed by atoms with Gasteiger partial charge >= 0.3 is 0 Å². The minimum Gasteiger partial charge on any atom is -0.398 e. The van der Waals surface area contributed by atoms with Crippen molar-refractivity contribution in [1.82, 2.24) is 0 Å². The average Bonchev–Trinajstić information content (AvgIpc) is 2.39. The van der Waals surface area contributed by atoms with E-state index in [1.807, 2.05) is 26.0 Å². The lowest BCUT2D eigenvalue weighted by atomic mass is 10.1. The molecule has 0 unspecified atom stereocenters. The molecule has 20 heavy (non-hydrogen) atoms. The van der Waals surface area contributed by atoms with Gasteiger partial charge in [-0.05, 0) is 65.8 Å². The van der Waals surface area contributed by atoms with Crippen molar-refractivity contribution in [3.05, 3.63) is 55.6 Å². The summed E-state index contributed by atoms with van der Waals surface area (Å²) in [7, 11) is 0. The van der Waals surface area contributed by atoms with E-state index in [1.165, 1.54) is 0 Å². The standard InChI is InChI=1S/C15H14ClIN2O/c1-8-4-3-5-10(14(8)17)15(20)19-13-7-11(16)12(18)6-9(13)2/h3-7H,18H2,1-2H3,(H,19,20). The van der Waals surface area contributed by atoms with Crippen molar-refractivity contribution in [2.45, 2.75) is 13.8 Å². The smallest absolute Gasteiger partial charge is 0.256 e. The molecule has 0 fully saturated rings. The molecule has 0 spiro atoms. The number of amides is 1. The van der Waals surface area contributed by atoms with Gasteiger partial charge in [-0.3, -0.25) is 4.79 Å². The molecule has 0 aliphatic heterocycles. The van der Waals surface area contributed by atoms with Gasteiger partial charge in [-0.1, -0.05) is 23.7 Å². The van der Waals surface area contributed by atoms with Crippen LogP contribution in [0.15, 0.2) is 30.3 Å². The minimum absolute atomic E-state index is 0.151. The van der Waals surface area contributed by atoms with Gasteiger partial charge in [-0.25, -0.2) is 0 Å². The van der Waals surface area contributed by atoms with Crippen LogP contribution in [0.2, 0.25) is 5.02 Å². The SMILES string of the molecule is Cc1cc(N)c(Cl)cc1NC(=O)c1cccc(C)c1I. The number of halogens is 2. The second-order valence-electron chi connectivity index (χ2n) is 4.58. The van der Waals surface area contributed by atoms with Crippen LogP contribution in [0.4, 0.5) is 11.4 Å². The Hall–Kier alpha value is -1.27. The predicted molar refractivity (Wildman–Crippen MR) is 92.5 cm³/mol. The number of carbonyl (C=O) groups is 1. The van der Waals surface area contributed by atoms with Crippen molar-refractivity contribution < 1.29 is 4.79 Å². The second-order valence-corrected chi connectivity index (χ2v) is 6.07. The van der Waals surface area contributed by atoms with Crippen LogP contribution in [0, 0.1) is 17.4 Å². The summed E-state index contributed by atoms with van der Waals surface area (Å²) < 4.78 is 0.946. The maximum atomic E-state index is 12.3. The van der Waals surface area contributed by atoms with E-state index in [-0.39, 0.29) is 5.91 Å². The summed E-state index contributed by atoms with van der Waals surface area (Å²) in [6, 6.07) is 9.07. The highest BCUT2D eigenvalue weighted by Crippen LogP contribution is 2.27. The average molecular weight is 401 g/mol. The molecule has 104 valence electrons. The first kappa shape index (κ1) is 15.1. The van der Waals surface area contributed by atoms with E-state index in [2.05, 4.69) is 27.9 Å². The van der Waals surface area contributed by atoms with Crippen LogP contribution in [0.5, 0.6) is 0 Å². The summed E-state index contributed by atoms with van der Waals surface area (Å²) >= 11 is 8.17. The summed E-state index contributed by atoms with van der Waals surface area (Å²) in [4.78, 5) is 12.3. The number of carbonyl (C=O) groups excluding carboxylic acids is 1. The molecule has 2 rings (SSSR count). The minimum atomic E-state index is -0.151. The van der Waals surface area contributed by atoms with Gasteiger partial charge in [0.1, 0.15) is 0 Å². The van der Waals surface area contributed by atoms with Gasteiger partial charge < -0.3 is 11.1 Å². The van der Waals surface area contributed by atoms with E-state index in [0.717, 1.165) is 14.7 Å². The summed E-state index contributed by atoms with van der Waals surface area (Å²) in [5, 5.41) is 3.31. The van der Waals surface area contributed by atoms with Crippen LogP contribution in [0.3, 0.4) is 0 Å². The highest BCUT2D eigenvalue weighted by molar-refractivity contribution is 14.1. The highest BCUT2D eigenvalue weighted by Gasteiger charge is 2.13. The van der Waals surface area contributed by atoms with Crippen LogP contribution in [-0.2, 0) is 0 Å². The lowest BCUT2D eigenvalue weighted by molar-refractivity contribution is 0.102. The Kier molecular flexibility index (Phi) is 4.55. The Morgan fingerprint density at radius 2 is 1.95 bits per heavy atom. The molecule has 0 aliphatic rings. The number of aryl methyl sites for hydroxylation is 2. The number of hydrogen-bond donors (Lipinski definition) is 2. The lowest BCUT2D eigenvalue weighted by Gasteiger charge is -2.12. The normalized spacial score (nSPS) is 10.4. The Bertz CT molecular complexity index is 686. The molecule has 3 N–H and O–H groups in total. The van der Waals surface area contributed by atoms with Crippen LogP contribution in [-0.4, -0.2) is 5.91 Å². The van der Waals surface area contributed by atoms with Crippen molar-refractivity contribution >= 4 is 51.5 Å². The molecule has 2 aromatic carbocycles. The van der Waals surface area contributed by atoms with Crippen LogP contribution in [0.25, 0.3) is 0 Å². The molecule has 0 atom stereocenters. The third kappa shape index (κ3) is 3.07. The fourth-order valence-corrected chi connectivity index (χ4v) is 2.62. The number of hydrogen-bond acceptors (Lipinski definition) is 2. The molecule has 5 heteroatoms. The van der Waals surface area contributed by atoms with Crippen molar-refractivity contribution in [2.24, 2.45) is 0 Å². The fourth-order valence-electron chi connectivity index (χ4n) is 1.85. The maximum absolute atomic E-state index is 12.3. The van der Waals surface area contributed by atoms with E-state index < -0.39 is 0 Å². The first-order chi connectivity index (χ1) is 9.40. The molecule has 3 nitrogen and oxygen atoms in total. The predicted octanol–water partition coefficient (Wildman–Crippen LogP) is 4.40. The summed E-state index contributed by atoms with van der Waals surface area (Å²) in [5.41, 5.74) is 9.51. The van der Waals surface area contributed by atoms with Gasteiger partial charge in [0.25, 0.3) is 5.91 Å². The fraction of sp³-hybridized carbons (Fsp3) is 0.133. The van der Waals surface area contributed by atoms with Crippen molar-refractivity contribution in [3.8, 4) is 0 Å². The van der Waals surface area contributed by atoms with Crippen LogP contribution < -0.4 is 11.1 Å². The van der Waals surface area contributed by atoms with Crippen molar-refractivity contribution in [1.29, 1.82) is 0 Å². The van der Waals surface area contributed by atoms with Gasteiger partial charge in [-0.15, -0.1) is 0 Å². The number of nitrogens with two attached hydrogens (primary N) is 1. The first-order valence-electron chi connectivity index (χ1n) is 6.02. The molecular weight excluding hydrogens is 387 g/mol. The summed E-state index contributed by atoms with van der Waals surface area (Å²) in [5.74, 6) is -0.151. The van der Waals surface area contributed by atoms with Crippen molar-refractivity contribution in [2.75, 3.05) is 11.1 Å². The van der Waals surface area contributed by atoms with Gasteiger partial charge in [-0.2, -0.15) is 0 Å². The lowest BCUT2D eigenvalue weighted by Crippen LogP contribution is -2.15. The third-order valence-electron chi connectivity index (χ3n) is 3.03. The molecule has 0 bridgehead atoms. The van der Waals surface area contributed by atoms with Gasteiger partial charge in [0, 0.05) is 9.26 Å². The van der Waals surface area contributed by atoms with Crippen LogP contribution in [0.1, 0.15) is 21.5 Å². The van der Waals surface area contributed by atoms with E-state index in [0.29, 0.717) is 22.0 Å². The number of anilines is 2. The molecule has 2 aromatic rings. The zero-order valence-corrected chi connectivity index (χ0v) is 14.0. The molecule has 0 saturated heterocycles. The van der Waals surface area contributed by atoms with Gasteiger partial charge in [0.2, 0.25) is 0 Å². The first-order valence-corrected chi connectivity index (χ1v) is 7.48. The molecule has 0 radical (unpaired) electrons. The molecule has 0 aromatic heterocycles. The molecule has 0 saturated carbocycles. The highest BCUT2D eigenvalue weighted by atomic mass is 127. The van der Waals surface area contributed by atoms with Gasteiger partial charge in [0.05, 0.1) is 16.3 Å². The number of benzene rings is 2. The largest absolute Gasteiger partial charge is 0.398 e. The quantitative estimate of drug-likeness (QED) is 0.580. The Morgan fingerprint density at radius 3 is 2.65 bits per heavy atom. The monoisotopic (exact) mass is 400 g/mol. The third-order valence-corrected chi connectivity index (χ3v) is 4.79. The summed E-state index contributed by atoms with van der Waals surface area (Å²) in [6.07, 6.45) is 0. The zero-order valence-electron chi connectivity index (χ0n) is 11.1. The summed E-state index contributed by atoms with van der Waals surface area (Å²) in [6.45, 7) is 3.85. The van der Waals surface area contributed by atoms with E-state index in [4.69, 9.17) is 17.3 Å². The Balaban J connectivity index is 2.33. The van der Waals surface area contributed by atoms with Crippen LogP contribution >= 0.6 is 34.2 Å². The molecular formula is C15H14ClIN2O. The molecule has 0 heterocycles. The number of rotatable bonds is 2. The molecule has 0 aliphatic carbocycles. The van der Waals surface area contributed by atoms with Crippen molar-refractivity contribution in [3.63, 3.8) is 0 Å². The van der Waals surface area contributed by atoms with Gasteiger partial charge in [0.15, 0.2) is 0 Å². The topological polar surface area (TPSA) is 55.1 Å². The van der Waals surface area contributed by atoms with E-state index >= 15 is 0 Å². The Morgan fingerprint density at radius 1 is 1.25 bits per heavy atom. The maximum Gasteiger partial charge on any atom is 0.256 e. The second kappa shape index (κ2) is 6.01. The van der Waals surface area contributed by atoms with E-state index in [9.17, 15) is 4.79 Å². The number of nitrogen functional groups attached to an aromatic ring is 1. The van der Waals surface area contributed by atoms with E-state index in [1.54, 1.807) is 18.2 Å². The molecule has 1 amide bonds. The zero-order chi connectivity index (χ0) is 14.9. The Labute approximate surface area is 136 Å².